The highest BCUT2D eigenvalue weighted by molar-refractivity contribution is 7.92. The van der Waals surface area contributed by atoms with Crippen LogP contribution in [-0.4, -0.2) is 33.4 Å². The van der Waals surface area contributed by atoms with Gasteiger partial charge in [-0.15, -0.1) is 0 Å². The summed E-state index contributed by atoms with van der Waals surface area (Å²) >= 11 is 0. The lowest BCUT2D eigenvalue weighted by Gasteiger charge is -2.19. The van der Waals surface area contributed by atoms with Gasteiger partial charge in [0, 0.05) is 6.54 Å². The van der Waals surface area contributed by atoms with Crippen molar-refractivity contribution in [1.82, 2.24) is 0 Å². The summed E-state index contributed by atoms with van der Waals surface area (Å²) in [7, 11) is -3.88. The maximum absolute atomic E-state index is 13.9. The van der Waals surface area contributed by atoms with Gasteiger partial charge in [0.25, 0.3) is 15.9 Å². The van der Waals surface area contributed by atoms with Gasteiger partial charge in [-0.05, 0) is 60.9 Å². The predicted octanol–water partition coefficient (Wildman–Crippen LogP) is 3.68. The molecule has 0 saturated carbocycles. The van der Waals surface area contributed by atoms with E-state index in [9.17, 15) is 22.4 Å². The summed E-state index contributed by atoms with van der Waals surface area (Å²) in [4.78, 5) is 24.4. The van der Waals surface area contributed by atoms with E-state index in [-0.39, 0.29) is 16.1 Å². The summed E-state index contributed by atoms with van der Waals surface area (Å²) in [6, 6.07) is 17.0. The molecule has 0 unspecified atom stereocenters. The van der Waals surface area contributed by atoms with Crippen LogP contribution in [0.1, 0.15) is 21.5 Å². The molecule has 0 aromatic heterocycles. The number of sulfonamides is 1. The van der Waals surface area contributed by atoms with Crippen LogP contribution >= 0.6 is 0 Å². The van der Waals surface area contributed by atoms with E-state index in [1.807, 2.05) is 12.1 Å². The Hall–Kier alpha value is -3.72. The van der Waals surface area contributed by atoms with Gasteiger partial charge in [0.1, 0.15) is 5.82 Å². The zero-order chi connectivity index (χ0) is 23.6. The van der Waals surface area contributed by atoms with Crippen LogP contribution in [0.4, 0.5) is 15.8 Å². The maximum Gasteiger partial charge on any atom is 0.338 e. The van der Waals surface area contributed by atoms with Crippen molar-refractivity contribution in [1.29, 1.82) is 0 Å². The molecule has 9 heteroatoms. The van der Waals surface area contributed by atoms with Gasteiger partial charge in [0.05, 0.1) is 21.8 Å². The van der Waals surface area contributed by atoms with Gasteiger partial charge in [-0.3, -0.25) is 9.10 Å². The Morgan fingerprint density at radius 1 is 1.06 bits per heavy atom. The van der Waals surface area contributed by atoms with Crippen molar-refractivity contribution in [3.8, 4) is 0 Å². The number of hydrogen-bond acceptors (Lipinski definition) is 5. The Bertz CT molecular complexity index is 1340. The average Bonchev–Trinajstić information content (AvgIpc) is 3.24. The summed E-state index contributed by atoms with van der Waals surface area (Å²) < 4.78 is 46.5. The van der Waals surface area contributed by atoms with Crippen molar-refractivity contribution in [2.24, 2.45) is 0 Å². The van der Waals surface area contributed by atoms with E-state index >= 15 is 0 Å². The maximum atomic E-state index is 13.9. The molecule has 1 N–H and O–H groups in total. The zero-order valence-electron chi connectivity index (χ0n) is 17.7. The molecule has 3 aromatic carbocycles. The number of halogens is 1. The van der Waals surface area contributed by atoms with Crippen LogP contribution in [0, 0.1) is 12.7 Å². The molecule has 170 valence electrons. The molecular formula is C24H21FN2O5S. The molecular weight excluding hydrogens is 447 g/mol. The lowest BCUT2D eigenvalue weighted by molar-refractivity contribution is -0.119. The van der Waals surface area contributed by atoms with Crippen molar-refractivity contribution < 1.29 is 27.1 Å². The number of fused-ring (bicyclic) bond motifs is 1. The smallest absolute Gasteiger partial charge is 0.338 e. The minimum Gasteiger partial charge on any atom is -0.452 e. The molecule has 0 spiro atoms. The third kappa shape index (κ3) is 4.73. The summed E-state index contributed by atoms with van der Waals surface area (Å²) in [6.45, 7) is 1.38. The molecule has 0 radical (unpaired) electrons. The SMILES string of the molecule is Cc1ccc(NC(=O)COC(=O)c2cccc(S(=O)(=O)N3CCc4ccccc43)c2)c(F)c1. The first-order chi connectivity index (χ1) is 15.8. The molecule has 0 saturated heterocycles. The molecule has 33 heavy (non-hydrogen) atoms. The molecule has 1 aliphatic heterocycles. The fraction of sp³-hybridized carbons (Fsp3) is 0.167. The standard InChI is InChI=1S/C24H21FN2O5S/c1-16-9-10-21(20(25)13-16)26-23(28)15-32-24(29)18-6-4-7-19(14-18)33(30,31)27-12-11-17-5-2-3-8-22(17)27/h2-10,13-14H,11-12,15H2,1H3,(H,26,28). The highest BCUT2D eigenvalue weighted by atomic mass is 32.2. The van der Waals surface area contributed by atoms with Crippen LogP contribution < -0.4 is 9.62 Å². The monoisotopic (exact) mass is 468 g/mol. The molecule has 0 fully saturated rings. The Balaban J connectivity index is 1.44. The number of para-hydroxylation sites is 1. The van der Waals surface area contributed by atoms with Crippen LogP contribution in [0.2, 0.25) is 0 Å². The highest BCUT2D eigenvalue weighted by Gasteiger charge is 2.31. The summed E-state index contributed by atoms with van der Waals surface area (Å²) in [5.41, 5.74) is 2.21. The van der Waals surface area contributed by atoms with Crippen LogP contribution in [0.3, 0.4) is 0 Å². The van der Waals surface area contributed by atoms with Crippen LogP contribution in [-0.2, 0) is 26.0 Å². The van der Waals surface area contributed by atoms with E-state index in [2.05, 4.69) is 5.32 Å². The van der Waals surface area contributed by atoms with Gasteiger partial charge in [-0.25, -0.2) is 17.6 Å². The Morgan fingerprint density at radius 2 is 1.85 bits per heavy atom. The van der Waals surface area contributed by atoms with E-state index in [1.165, 1.54) is 40.7 Å². The number of esters is 1. The van der Waals surface area contributed by atoms with Gasteiger partial charge >= 0.3 is 5.97 Å². The lowest BCUT2D eigenvalue weighted by atomic mass is 10.2. The second-order valence-corrected chi connectivity index (χ2v) is 9.45. The molecule has 0 aliphatic carbocycles. The average molecular weight is 469 g/mol. The van der Waals surface area contributed by atoms with Gasteiger partial charge in [-0.2, -0.15) is 0 Å². The molecule has 0 bridgehead atoms. The van der Waals surface area contributed by atoms with Crippen molar-refractivity contribution in [3.05, 3.63) is 89.2 Å². The molecule has 1 heterocycles. The van der Waals surface area contributed by atoms with Gasteiger partial charge in [-0.1, -0.05) is 30.3 Å². The quantitative estimate of drug-likeness (QED) is 0.557. The molecule has 1 amide bonds. The number of aryl methyl sites for hydroxylation is 1. The van der Waals surface area contributed by atoms with Crippen molar-refractivity contribution in [2.45, 2.75) is 18.2 Å². The predicted molar refractivity (Wildman–Crippen MR) is 121 cm³/mol. The lowest BCUT2D eigenvalue weighted by Crippen LogP contribution is -2.29. The van der Waals surface area contributed by atoms with Crippen molar-refractivity contribution >= 4 is 33.3 Å². The first-order valence-corrected chi connectivity index (χ1v) is 11.6. The van der Waals surface area contributed by atoms with Crippen molar-refractivity contribution in [2.75, 3.05) is 22.8 Å². The number of carbonyl (C=O) groups excluding carboxylic acids is 2. The summed E-state index contributed by atoms with van der Waals surface area (Å²) in [5, 5.41) is 2.33. The van der Waals surface area contributed by atoms with Crippen LogP contribution in [0.5, 0.6) is 0 Å². The number of anilines is 2. The molecule has 0 atom stereocenters. The van der Waals surface area contributed by atoms with E-state index < -0.39 is 34.3 Å². The zero-order valence-corrected chi connectivity index (χ0v) is 18.6. The van der Waals surface area contributed by atoms with E-state index in [1.54, 1.807) is 25.1 Å². The Labute approximate surface area is 190 Å². The minimum atomic E-state index is -3.88. The number of hydrogen-bond donors (Lipinski definition) is 1. The number of carbonyl (C=O) groups is 2. The largest absolute Gasteiger partial charge is 0.452 e. The van der Waals surface area contributed by atoms with Crippen LogP contribution in [0.25, 0.3) is 0 Å². The van der Waals surface area contributed by atoms with Crippen LogP contribution in [0.15, 0.2) is 71.6 Å². The van der Waals surface area contributed by atoms with E-state index in [0.29, 0.717) is 24.2 Å². The number of rotatable bonds is 6. The molecule has 3 aromatic rings. The second-order valence-electron chi connectivity index (χ2n) is 7.59. The van der Waals surface area contributed by atoms with Crippen molar-refractivity contribution in [3.63, 3.8) is 0 Å². The first kappa shape index (κ1) is 22.5. The third-order valence-electron chi connectivity index (χ3n) is 5.24. The van der Waals surface area contributed by atoms with Gasteiger partial charge in [0.2, 0.25) is 0 Å². The topological polar surface area (TPSA) is 92.8 Å². The fourth-order valence-corrected chi connectivity index (χ4v) is 5.14. The van der Waals surface area contributed by atoms with Gasteiger partial charge < -0.3 is 10.1 Å². The molecule has 4 rings (SSSR count). The van der Waals surface area contributed by atoms with E-state index in [4.69, 9.17) is 4.74 Å². The summed E-state index contributed by atoms with van der Waals surface area (Å²) in [5.74, 6) is -2.19. The number of nitrogens with one attached hydrogen (secondary N) is 1. The summed E-state index contributed by atoms with van der Waals surface area (Å²) in [6.07, 6.45) is 0.605. The number of benzene rings is 3. The highest BCUT2D eigenvalue weighted by Crippen LogP contribution is 2.32. The Morgan fingerprint density at radius 3 is 2.64 bits per heavy atom. The van der Waals surface area contributed by atoms with Gasteiger partial charge in [0.15, 0.2) is 6.61 Å². The Kier molecular flexibility index (Phi) is 6.15. The third-order valence-corrected chi connectivity index (χ3v) is 7.04. The number of ether oxygens (including phenoxy) is 1. The first-order valence-electron chi connectivity index (χ1n) is 10.2. The molecule has 7 nitrogen and oxygen atoms in total. The normalized spacial score (nSPS) is 12.8. The minimum absolute atomic E-state index is 0.0159. The number of amides is 1. The number of nitrogens with zero attached hydrogens (tertiary/aromatic N) is 1. The fourth-order valence-electron chi connectivity index (χ4n) is 3.59. The second kappa shape index (κ2) is 9.03. The van der Waals surface area contributed by atoms with E-state index in [0.717, 1.165) is 5.56 Å². The molecule has 1 aliphatic rings.